The number of carbonyl (C=O) groups excluding carboxylic acids is 2. The maximum absolute atomic E-state index is 12.9. The summed E-state index contributed by atoms with van der Waals surface area (Å²) in [6.07, 6.45) is -0.119. The van der Waals surface area contributed by atoms with E-state index in [4.69, 9.17) is 14.4 Å². The summed E-state index contributed by atoms with van der Waals surface area (Å²) < 4.78 is 23.3. The molecule has 1 atom stereocenters. The number of furan rings is 1. The van der Waals surface area contributed by atoms with Crippen molar-refractivity contribution in [3.8, 4) is 11.8 Å². The highest BCUT2D eigenvalue weighted by Gasteiger charge is 2.35. The monoisotopic (exact) mass is 341 g/mol. The molecule has 2 aromatic rings. The predicted molar refractivity (Wildman–Crippen MR) is 82.1 cm³/mol. The van der Waals surface area contributed by atoms with E-state index >= 15 is 0 Å². The molecule has 25 heavy (non-hydrogen) atoms. The average molecular weight is 341 g/mol. The Morgan fingerprint density at radius 2 is 2.08 bits per heavy atom. The third-order valence-corrected chi connectivity index (χ3v) is 3.68. The van der Waals surface area contributed by atoms with Crippen molar-refractivity contribution in [2.75, 3.05) is 0 Å². The summed E-state index contributed by atoms with van der Waals surface area (Å²) in [6.45, 7) is 0. The van der Waals surface area contributed by atoms with Gasteiger partial charge < -0.3 is 14.3 Å². The minimum atomic E-state index is -1.47. The zero-order valence-corrected chi connectivity index (χ0v) is 12.9. The SMILES string of the molecule is N#CC1=CCC(=O)C(C(=O)c2cc(O)c(Cc3ccc(F)cc3)o2)O1. The number of carbonyl (C=O) groups is 2. The minimum absolute atomic E-state index is 0.0889. The number of nitrogens with zero attached hydrogens (tertiary/aromatic N) is 1. The van der Waals surface area contributed by atoms with Gasteiger partial charge in [-0.3, -0.25) is 9.59 Å². The lowest BCUT2D eigenvalue weighted by molar-refractivity contribution is -0.126. The number of ketones is 2. The van der Waals surface area contributed by atoms with E-state index in [1.807, 2.05) is 0 Å². The fourth-order valence-electron chi connectivity index (χ4n) is 2.40. The van der Waals surface area contributed by atoms with Gasteiger partial charge in [-0.05, 0) is 23.8 Å². The molecule has 0 aliphatic carbocycles. The van der Waals surface area contributed by atoms with E-state index in [1.54, 1.807) is 6.07 Å². The number of Topliss-reactive ketones (excluding diaryl/α,β-unsaturated/α-hetero) is 2. The van der Waals surface area contributed by atoms with Gasteiger partial charge in [-0.25, -0.2) is 4.39 Å². The number of nitriles is 1. The first-order valence-corrected chi connectivity index (χ1v) is 7.38. The first kappa shape index (κ1) is 16.5. The molecule has 0 saturated carbocycles. The summed E-state index contributed by atoms with van der Waals surface area (Å²) in [5.41, 5.74) is 0.671. The summed E-state index contributed by atoms with van der Waals surface area (Å²) in [7, 11) is 0. The van der Waals surface area contributed by atoms with E-state index < -0.39 is 23.5 Å². The van der Waals surface area contributed by atoms with E-state index in [9.17, 15) is 19.1 Å². The van der Waals surface area contributed by atoms with Crippen LogP contribution in [0.25, 0.3) is 0 Å². The quantitative estimate of drug-likeness (QED) is 0.678. The van der Waals surface area contributed by atoms with E-state index in [-0.39, 0.29) is 35.9 Å². The van der Waals surface area contributed by atoms with Gasteiger partial charge in [0.2, 0.25) is 11.9 Å². The van der Waals surface area contributed by atoms with Crippen molar-refractivity contribution in [2.45, 2.75) is 18.9 Å². The van der Waals surface area contributed by atoms with Crippen molar-refractivity contribution in [3.63, 3.8) is 0 Å². The Hall–Kier alpha value is -3.40. The van der Waals surface area contributed by atoms with Gasteiger partial charge >= 0.3 is 0 Å². The number of allylic oxidation sites excluding steroid dienone is 2. The van der Waals surface area contributed by atoms with Gasteiger partial charge in [0.1, 0.15) is 11.9 Å². The highest BCUT2D eigenvalue weighted by Crippen LogP contribution is 2.27. The van der Waals surface area contributed by atoms with Gasteiger partial charge in [0.05, 0.1) is 0 Å². The first-order valence-electron chi connectivity index (χ1n) is 7.38. The fraction of sp³-hybridized carbons (Fsp3) is 0.167. The van der Waals surface area contributed by atoms with Crippen LogP contribution >= 0.6 is 0 Å². The number of halogens is 1. The van der Waals surface area contributed by atoms with Crippen LogP contribution in [-0.2, 0) is 16.0 Å². The van der Waals surface area contributed by atoms with Crippen molar-refractivity contribution < 1.29 is 28.2 Å². The molecule has 1 aliphatic heterocycles. The molecular formula is C18H12FNO5. The lowest BCUT2D eigenvalue weighted by Crippen LogP contribution is -2.34. The van der Waals surface area contributed by atoms with Crippen molar-refractivity contribution in [1.29, 1.82) is 5.26 Å². The summed E-state index contributed by atoms with van der Waals surface area (Å²) in [5, 5.41) is 18.8. The van der Waals surface area contributed by atoms with E-state index in [1.165, 1.54) is 30.3 Å². The Balaban J connectivity index is 1.81. The van der Waals surface area contributed by atoms with Crippen LogP contribution in [0.1, 0.15) is 28.3 Å². The van der Waals surface area contributed by atoms with Crippen molar-refractivity contribution in [2.24, 2.45) is 0 Å². The largest absolute Gasteiger partial charge is 0.504 e. The maximum Gasteiger partial charge on any atom is 0.246 e. The molecule has 0 amide bonds. The molecular weight excluding hydrogens is 329 g/mol. The normalized spacial score (nSPS) is 16.7. The lowest BCUT2D eigenvalue weighted by atomic mass is 10.0. The van der Waals surface area contributed by atoms with Crippen LogP contribution in [0.3, 0.4) is 0 Å². The smallest absolute Gasteiger partial charge is 0.246 e. The van der Waals surface area contributed by atoms with Gasteiger partial charge in [0.25, 0.3) is 0 Å². The fourth-order valence-corrected chi connectivity index (χ4v) is 2.40. The molecule has 0 bridgehead atoms. The third-order valence-electron chi connectivity index (χ3n) is 3.68. The highest BCUT2D eigenvalue weighted by molar-refractivity contribution is 6.13. The summed E-state index contributed by atoms with van der Waals surface area (Å²) >= 11 is 0. The Bertz CT molecular complexity index is 905. The first-order chi connectivity index (χ1) is 12.0. The number of aromatic hydroxyl groups is 1. The number of hydrogen-bond donors (Lipinski definition) is 1. The summed E-state index contributed by atoms with van der Waals surface area (Å²) in [6, 6.07) is 8.43. The van der Waals surface area contributed by atoms with Gasteiger partial charge in [-0.2, -0.15) is 5.26 Å². The van der Waals surface area contributed by atoms with Crippen LogP contribution < -0.4 is 0 Å². The van der Waals surface area contributed by atoms with Crippen LogP contribution in [0.4, 0.5) is 4.39 Å². The molecule has 0 spiro atoms. The zero-order valence-electron chi connectivity index (χ0n) is 12.9. The molecule has 126 valence electrons. The lowest BCUT2D eigenvalue weighted by Gasteiger charge is -2.18. The molecule has 7 heteroatoms. The topological polar surface area (TPSA) is 101 Å². The number of hydrogen-bond acceptors (Lipinski definition) is 6. The van der Waals surface area contributed by atoms with Crippen molar-refractivity contribution >= 4 is 11.6 Å². The van der Waals surface area contributed by atoms with Crippen LogP contribution in [0, 0.1) is 17.1 Å². The number of benzene rings is 1. The van der Waals surface area contributed by atoms with E-state index in [0.29, 0.717) is 5.56 Å². The molecule has 1 N–H and O–H groups in total. The van der Waals surface area contributed by atoms with Crippen LogP contribution in [0.5, 0.6) is 5.75 Å². The molecule has 0 radical (unpaired) electrons. The number of rotatable bonds is 4. The Kier molecular flexibility index (Phi) is 4.35. The number of ether oxygens (including phenoxy) is 1. The molecule has 0 saturated heterocycles. The molecule has 3 rings (SSSR count). The molecule has 1 aliphatic rings. The second-order valence-electron chi connectivity index (χ2n) is 5.44. The van der Waals surface area contributed by atoms with Gasteiger partial charge in [0.15, 0.2) is 28.8 Å². The third kappa shape index (κ3) is 3.43. The summed E-state index contributed by atoms with van der Waals surface area (Å²) in [5.74, 6) is -2.17. The summed E-state index contributed by atoms with van der Waals surface area (Å²) in [4.78, 5) is 24.2. The molecule has 1 aromatic carbocycles. The van der Waals surface area contributed by atoms with Crippen molar-refractivity contribution in [3.05, 3.63) is 65.1 Å². The molecule has 1 unspecified atom stereocenters. The highest BCUT2D eigenvalue weighted by atomic mass is 19.1. The molecule has 2 heterocycles. The predicted octanol–water partition coefficient (Wildman–Crippen LogP) is 2.66. The van der Waals surface area contributed by atoms with Crippen molar-refractivity contribution in [1.82, 2.24) is 0 Å². The van der Waals surface area contributed by atoms with E-state index in [2.05, 4.69) is 0 Å². The molecule has 6 nitrogen and oxygen atoms in total. The standard InChI is InChI=1S/C18H12FNO5/c19-11-3-1-10(2-4-11)7-15-14(22)8-16(25-15)17(23)18-13(21)6-5-12(9-20)24-18/h1-5,8,18,22H,6-7H2. The van der Waals surface area contributed by atoms with Crippen LogP contribution in [-0.4, -0.2) is 22.8 Å². The van der Waals surface area contributed by atoms with Gasteiger partial charge in [-0.1, -0.05) is 12.1 Å². The van der Waals surface area contributed by atoms with Gasteiger partial charge in [-0.15, -0.1) is 0 Å². The van der Waals surface area contributed by atoms with Gasteiger partial charge in [0, 0.05) is 18.9 Å². The van der Waals surface area contributed by atoms with Crippen LogP contribution in [0.15, 0.2) is 46.6 Å². The zero-order chi connectivity index (χ0) is 18.0. The van der Waals surface area contributed by atoms with E-state index in [0.717, 1.165) is 6.07 Å². The Morgan fingerprint density at radius 1 is 1.36 bits per heavy atom. The Morgan fingerprint density at radius 3 is 2.76 bits per heavy atom. The maximum atomic E-state index is 12.9. The Labute approximate surface area is 141 Å². The minimum Gasteiger partial charge on any atom is -0.504 e. The second kappa shape index (κ2) is 6.61. The molecule has 0 fully saturated rings. The second-order valence-corrected chi connectivity index (χ2v) is 5.44. The van der Waals surface area contributed by atoms with Crippen LogP contribution in [0.2, 0.25) is 0 Å². The molecule has 1 aromatic heterocycles. The average Bonchev–Trinajstić information content (AvgIpc) is 2.97.